The van der Waals surface area contributed by atoms with Gasteiger partial charge < -0.3 is 14.4 Å². The summed E-state index contributed by atoms with van der Waals surface area (Å²) in [4.78, 5) is 17.7. The monoisotopic (exact) mass is 318 g/mol. The highest BCUT2D eigenvalue weighted by molar-refractivity contribution is 5.94. The molecular formula is C14H17F3N2O3. The van der Waals surface area contributed by atoms with Crippen LogP contribution < -0.4 is 4.74 Å². The van der Waals surface area contributed by atoms with Crippen LogP contribution in [0.15, 0.2) is 18.3 Å². The van der Waals surface area contributed by atoms with E-state index in [4.69, 9.17) is 4.74 Å². The van der Waals surface area contributed by atoms with Crippen LogP contribution in [0.4, 0.5) is 13.2 Å². The number of halogens is 3. The molecule has 8 heteroatoms. The van der Waals surface area contributed by atoms with Crippen molar-refractivity contribution >= 4 is 5.91 Å². The van der Waals surface area contributed by atoms with Gasteiger partial charge in [-0.1, -0.05) is 6.92 Å². The van der Waals surface area contributed by atoms with Gasteiger partial charge in [0.05, 0.1) is 18.3 Å². The predicted octanol–water partition coefficient (Wildman–Crippen LogP) is 2.27. The van der Waals surface area contributed by atoms with Crippen molar-refractivity contribution in [2.45, 2.75) is 25.6 Å². The van der Waals surface area contributed by atoms with E-state index in [1.165, 1.54) is 18.3 Å². The van der Waals surface area contributed by atoms with Crippen molar-refractivity contribution in [3.05, 3.63) is 23.9 Å². The molecule has 0 radical (unpaired) electrons. The van der Waals surface area contributed by atoms with Crippen LogP contribution in [-0.2, 0) is 4.74 Å². The fourth-order valence-corrected chi connectivity index (χ4v) is 2.08. The second-order valence-corrected chi connectivity index (χ2v) is 4.94. The normalized spacial score (nSPS) is 19.1. The van der Waals surface area contributed by atoms with Crippen LogP contribution in [-0.4, -0.2) is 54.4 Å². The van der Waals surface area contributed by atoms with Crippen molar-refractivity contribution in [2.24, 2.45) is 0 Å². The fraction of sp³-hybridized carbons (Fsp3) is 0.571. The van der Waals surface area contributed by atoms with Crippen LogP contribution in [0.2, 0.25) is 0 Å². The van der Waals surface area contributed by atoms with Gasteiger partial charge in [0.15, 0.2) is 6.61 Å². The Bertz CT molecular complexity index is 505. The topological polar surface area (TPSA) is 51.7 Å². The molecule has 1 aromatic rings. The number of nitrogens with zero attached hydrogens (tertiary/aromatic N) is 2. The first-order valence-corrected chi connectivity index (χ1v) is 6.95. The molecule has 1 saturated heterocycles. The van der Waals surface area contributed by atoms with Gasteiger partial charge >= 0.3 is 6.18 Å². The third kappa shape index (κ3) is 4.59. The van der Waals surface area contributed by atoms with Crippen LogP contribution in [0.1, 0.15) is 23.7 Å². The maximum atomic E-state index is 12.3. The van der Waals surface area contributed by atoms with E-state index in [2.05, 4.69) is 9.72 Å². The molecule has 0 saturated carbocycles. The molecule has 0 bridgehead atoms. The molecule has 1 aliphatic heterocycles. The minimum atomic E-state index is -4.42. The summed E-state index contributed by atoms with van der Waals surface area (Å²) < 4.78 is 46.1. The zero-order valence-corrected chi connectivity index (χ0v) is 12.1. The number of ether oxygens (including phenoxy) is 2. The number of rotatable bonds is 4. The summed E-state index contributed by atoms with van der Waals surface area (Å²) in [7, 11) is 0. The van der Waals surface area contributed by atoms with Crippen LogP contribution >= 0.6 is 0 Å². The van der Waals surface area contributed by atoms with E-state index in [1.54, 1.807) is 4.90 Å². The summed E-state index contributed by atoms with van der Waals surface area (Å²) in [6.45, 7) is 2.04. The van der Waals surface area contributed by atoms with Crippen LogP contribution in [0.3, 0.4) is 0 Å². The summed E-state index contributed by atoms with van der Waals surface area (Å²) in [5, 5.41) is 0. The van der Waals surface area contributed by atoms with E-state index in [1.807, 2.05) is 6.92 Å². The Morgan fingerprint density at radius 2 is 2.27 bits per heavy atom. The number of morpholine rings is 1. The molecule has 0 aromatic carbocycles. The number of amides is 1. The van der Waals surface area contributed by atoms with Gasteiger partial charge in [0.25, 0.3) is 5.91 Å². The summed E-state index contributed by atoms with van der Waals surface area (Å²) in [5.41, 5.74) is 0.316. The van der Waals surface area contributed by atoms with E-state index < -0.39 is 12.8 Å². The number of carbonyl (C=O) groups is 1. The Kier molecular flexibility index (Phi) is 5.23. The molecule has 0 unspecified atom stereocenters. The van der Waals surface area contributed by atoms with E-state index >= 15 is 0 Å². The smallest absolute Gasteiger partial charge is 0.422 e. The molecule has 1 aliphatic rings. The second-order valence-electron chi connectivity index (χ2n) is 4.94. The molecule has 2 rings (SSSR count). The maximum absolute atomic E-state index is 12.3. The van der Waals surface area contributed by atoms with E-state index in [0.717, 1.165) is 6.42 Å². The van der Waals surface area contributed by atoms with Crippen LogP contribution in [0, 0.1) is 0 Å². The molecule has 1 aromatic heterocycles. The summed E-state index contributed by atoms with van der Waals surface area (Å²) >= 11 is 0. The molecule has 1 atom stereocenters. The van der Waals surface area contributed by atoms with Crippen molar-refractivity contribution in [1.29, 1.82) is 0 Å². The van der Waals surface area contributed by atoms with E-state index in [0.29, 0.717) is 25.3 Å². The molecule has 22 heavy (non-hydrogen) atoms. The third-order valence-corrected chi connectivity index (χ3v) is 3.25. The molecule has 1 fully saturated rings. The lowest BCUT2D eigenvalue weighted by Gasteiger charge is -2.32. The SMILES string of the molecule is CC[C@H]1CN(C(=O)c2ccc(OCC(F)(F)F)nc2)CCO1. The number of pyridine rings is 1. The Hall–Kier alpha value is -1.83. The third-order valence-electron chi connectivity index (χ3n) is 3.25. The molecular weight excluding hydrogens is 301 g/mol. The lowest BCUT2D eigenvalue weighted by Crippen LogP contribution is -2.45. The lowest BCUT2D eigenvalue weighted by atomic mass is 10.2. The minimum absolute atomic E-state index is 0.0139. The molecule has 0 aliphatic carbocycles. The summed E-state index contributed by atoms with van der Waals surface area (Å²) in [5.74, 6) is -0.376. The first-order chi connectivity index (χ1) is 10.4. The van der Waals surface area contributed by atoms with Gasteiger partial charge in [-0.15, -0.1) is 0 Å². The molecule has 1 amide bonds. The van der Waals surface area contributed by atoms with Gasteiger partial charge in [-0.2, -0.15) is 13.2 Å². The zero-order valence-electron chi connectivity index (χ0n) is 12.1. The number of carbonyl (C=O) groups excluding carboxylic acids is 1. The average Bonchev–Trinajstić information content (AvgIpc) is 2.52. The Balaban J connectivity index is 1.96. The molecule has 0 N–H and O–H groups in total. The zero-order chi connectivity index (χ0) is 16.2. The Morgan fingerprint density at radius 3 is 2.86 bits per heavy atom. The second kappa shape index (κ2) is 6.95. The first kappa shape index (κ1) is 16.5. The number of hydrogen-bond donors (Lipinski definition) is 0. The average molecular weight is 318 g/mol. The van der Waals surface area contributed by atoms with Crippen molar-refractivity contribution < 1.29 is 27.4 Å². The quantitative estimate of drug-likeness (QED) is 0.854. The molecule has 0 spiro atoms. The first-order valence-electron chi connectivity index (χ1n) is 6.95. The number of alkyl halides is 3. The highest BCUT2D eigenvalue weighted by Crippen LogP contribution is 2.18. The fourth-order valence-electron chi connectivity index (χ4n) is 2.08. The molecule has 2 heterocycles. The van der Waals surface area contributed by atoms with Gasteiger partial charge in [-0.05, 0) is 12.5 Å². The highest BCUT2D eigenvalue weighted by atomic mass is 19.4. The van der Waals surface area contributed by atoms with E-state index in [9.17, 15) is 18.0 Å². The van der Waals surface area contributed by atoms with Gasteiger partial charge in [-0.3, -0.25) is 4.79 Å². The minimum Gasteiger partial charge on any atom is -0.468 e. The lowest BCUT2D eigenvalue weighted by molar-refractivity contribution is -0.154. The largest absolute Gasteiger partial charge is 0.468 e. The maximum Gasteiger partial charge on any atom is 0.422 e. The van der Waals surface area contributed by atoms with Crippen molar-refractivity contribution in [1.82, 2.24) is 9.88 Å². The van der Waals surface area contributed by atoms with Gasteiger partial charge in [-0.25, -0.2) is 4.98 Å². The molecule has 5 nitrogen and oxygen atoms in total. The van der Waals surface area contributed by atoms with Crippen LogP contribution in [0.25, 0.3) is 0 Å². The van der Waals surface area contributed by atoms with Crippen molar-refractivity contribution in [3.8, 4) is 5.88 Å². The van der Waals surface area contributed by atoms with Crippen LogP contribution in [0.5, 0.6) is 5.88 Å². The summed E-state index contributed by atoms with van der Waals surface area (Å²) in [6, 6.07) is 2.67. The highest BCUT2D eigenvalue weighted by Gasteiger charge is 2.29. The number of hydrogen-bond acceptors (Lipinski definition) is 4. The van der Waals surface area contributed by atoms with Gasteiger partial charge in [0.1, 0.15) is 0 Å². The Labute approximate surface area is 126 Å². The molecule has 122 valence electrons. The standard InChI is InChI=1S/C14H17F3N2O3/c1-2-11-8-19(5-6-21-11)13(20)10-3-4-12(18-7-10)22-9-14(15,16)17/h3-4,7,11H,2,5-6,8-9H2,1H3/t11-/m0/s1. The van der Waals surface area contributed by atoms with Crippen molar-refractivity contribution in [3.63, 3.8) is 0 Å². The van der Waals surface area contributed by atoms with Gasteiger partial charge in [0, 0.05) is 25.4 Å². The van der Waals surface area contributed by atoms with Crippen molar-refractivity contribution in [2.75, 3.05) is 26.3 Å². The number of aromatic nitrogens is 1. The Morgan fingerprint density at radius 1 is 1.50 bits per heavy atom. The predicted molar refractivity (Wildman–Crippen MR) is 71.7 cm³/mol. The summed E-state index contributed by atoms with van der Waals surface area (Å²) in [6.07, 6.45) is -2.37. The van der Waals surface area contributed by atoms with Gasteiger partial charge in [0.2, 0.25) is 5.88 Å². The van der Waals surface area contributed by atoms with E-state index in [-0.39, 0.29) is 17.9 Å².